The molecule has 4 nitrogen and oxygen atoms in total. The van der Waals surface area contributed by atoms with Crippen LogP contribution in [-0.4, -0.2) is 49.6 Å². The molecule has 0 aliphatic heterocycles. The van der Waals surface area contributed by atoms with Crippen LogP contribution in [-0.2, 0) is 6.42 Å². The van der Waals surface area contributed by atoms with Crippen LogP contribution in [0.5, 0.6) is 5.75 Å². The maximum Gasteiger partial charge on any atom is 0.188 e. The maximum absolute atomic E-state index is 11.5. The summed E-state index contributed by atoms with van der Waals surface area (Å²) in [6.07, 6.45) is 4.49. The Labute approximate surface area is 139 Å². The Balaban J connectivity index is 0.00000441. The smallest absolute Gasteiger partial charge is 0.188 e. The molecule has 0 fully saturated rings. The van der Waals surface area contributed by atoms with Crippen molar-refractivity contribution in [3.63, 3.8) is 0 Å². The molecular formula is C17H26ClNO3. The lowest BCUT2D eigenvalue weighted by molar-refractivity contribution is 0.0903. The number of aliphatic hydroxyl groups is 1. The molecule has 0 saturated heterocycles. The van der Waals surface area contributed by atoms with Crippen molar-refractivity contribution >= 4 is 18.2 Å². The van der Waals surface area contributed by atoms with Crippen LogP contribution in [0.25, 0.3) is 0 Å². The summed E-state index contributed by atoms with van der Waals surface area (Å²) < 4.78 is 5.80. The lowest BCUT2D eigenvalue weighted by Gasteiger charge is -2.13. The number of carbonyl (C=O) groups excluding carboxylic acids is 1. The molecule has 0 aliphatic rings. The lowest BCUT2D eigenvalue weighted by Crippen LogP contribution is -2.14. The maximum atomic E-state index is 11.5. The molecule has 1 aromatic rings. The Bertz CT molecular complexity index is 475. The average Bonchev–Trinajstić information content (AvgIpc) is 2.47. The van der Waals surface area contributed by atoms with Crippen LogP contribution in [0, 0.1) is 0 Å². The fourth-order valence-electron chi connectivity index (χ4n) is 2.01. The third-order valence-corrected chi connectivity index (χ3v) is 3.15. The highest BCUT2D eigenvalue weighted by Crippen LogP contribution is 2.22. The van der Waals surface area contributed by atoms with Crippen molar-refractivity contribution in [3.8, 4) is 5.75 Å². The number of nitrogens with zero attached hydrogens (tertiary/aromatic N) is 1. The average molecular weight is 328 g/mol. The Morgan fingerprint density at radius 1 is 1.36 bits per heavy atom. The fourth-order valence-corrected chi connectivity index (χ4v) is 2.01. The van der Waals surface area contributed by atoms with E-state index in [1.807, 2.05) is 0 Å². The van der Waals surface area contributed by atoms with Gasteiger partial charge in [0.05, 0.1) is 6.61 Å². The van der Waals surface area contributed by atoms with Crippen molar-refractivity contribution < 1.29 is 14.6 Å². The van der Waals surface area contributed by atoms with Crippen molar-refractivity contribution in [2.75, 3.05) is 33.9 Å². The number of hydrogen-bond donors (Lipinski definition) is 1. The van der Waals surface area contributed by atoms with Gasteiger partial charge in [-0.15, -0.1) is 19.0 Å². The number of unbranched alkanes of at least 4 members (excludes halogenated alkanes) is 1. The minimum Gasteiger partial charge on any atom is -0.493 e. The number of benzene rings is 1. The first kappa shape index (κ1) is 20.6. The van der Waals surface area contributed by atoms with Crippen molar-refractivity contribution in [2.24, 2.45) is 0 Å². The SMILES string of the molecule is C=CCc1cc(C(=O)CO)ccc1OCCCCN(C)C.Cl. The number of allylic oxidation sites excluding steroid dienone is 1. The zero-order valence-electron chi connectivity index (χ0n) is 13.4. The first-order chi connectivity index (χ1) is 10.1. The summed E-state index contributed by atoms with van der Waals surface area (Å²) in [5.41, 5.74) is 1.44. The number of Topliss-reactive ketones (excluding diaryl/α,β-unsaturated/α-hetero) is 1. The number of aliphatic hydroxyl groups excluding tert-OH is 1. The van der Waals surface area contributed by atoms with Gasteiger partial charge in [0.1, 0.15) is 12.4 Å². The molecule has 0 bridgehead atoms. The van der Waals surface area contributed by atoms with E-state index in [2.05, 4.69) is 25.6 Å². The van der Waals surface area contributed by atoms with Crippen LogP contribution in [0.4, 0.5) is 0 Å². The zero-order chi connectivity index (χ0) is 15.7. The molecule has 22 heavy (non-hydrogen) atoms. The molecule has 0 saturated carbocycles. The molecule has 0 amide bonds. The zero-order valence-corrected chi connectivity index (χ0v) is 14.2. The van der Waals surface area contributed by atoms with Crippen molar-refractivity contribution in [1.29, 1.82) is 0 Å². The highest BCUT2D eigenvalue weighted by atomic mass is 35.5. The van der Waals surface area contributed by atoms with E-state index in [1.165, 1.54) is 0 Å². The van der Waals surface area contributed by atoms with Crippen LogP contribution in [0.15, 0.2) is 30.9 Å². The molecule has 0 heterocycles. The van der Waals surface area contributed by atoms with E-state index in [-0.39, 0.29) is 18.2 Å². The molecule has 0 aliphatic carbocycles. The number of hydrogen-bond acceptors (Lipinski definition) is 4. The van der Waals surface area contributed by atoms with Gasteiger partial charge in [-0.3, -0.25) is 4.79 Å². The monoisotopic (exact) mass is 327 g/mol. The number of ether oxygens (including phenoxy) is 1. The van der Waals surface area contributed by atoms with E-state index >= 15 is 0 Å². The molecule has 0 unspecified atom stereocenters. The summed E-state index contributed by atoms with van der Waals surface area (Å²) in [6.45, 7) is 4.96. The second kappa shape index (κ2) is 11.2. The Morgan fingerprint density at radius 3 is 2.68 bits per heavy atom. The molecule has 1 N–H and O–H groups in total. The van der Waals surface area contributed by atoms with Gasteiger partial charge in [-0.1, -0.05) is 6.08 Å². The second-order valence-corrected chi connectivity index (χ2v) is 5.26. The first-order valence-electron chi connectivity index (χ1n) is 7.24. The minimum atomic E-state index is -0.474. The first-order valence-corrected chi connectivity index (χ1v) is 7.24. The van der Waals surface area contributed by atoms with Gasteiger partial charge >= 0.3 is 0 Å². The third kappa shape index (κ3) is 7.07. The van der Waals surface area contributed by atoms with Gasteiger partial charge < -0.3 is 14.7 Å². The van der Waals surface area contributed by atoms with Crippen LogP contribution >= 0.6 is 12.4 Å². The Hall–Kier alpha value is -1.36. The van der Waals surface area contributed by atoms with Gasteiger partial charge in [0.25, 0.3) is 0 Å². The van der Waals surface area contributed by atoms with Gasteiger partial charge in [-0.2, -0.15) is 0 Å². The second-order valence-electron chi connectivity index (χ2n) is 5.26. The normalized spacial score (nSPS) is 10.2. The molecule has 5 heteroatoms. The lowest BCUT2D eigenvalue weighted by atomic mass is 10.0. The van der Waals surface area contributed by atoms with Crippen molar-refractivity contribution in [3.05, 3.63) is 42.0 Å². The van der Waals surface area contributed by atoms with Crippen molar-refractivity contribution in [1.82, 2.24) is 4.90 Å². The van der Waals surface area contributed by atoms with Gasteiger partial charge in [0, 0.05) is 5.56 Å². The Kier molecular flexibility index (Phi) is 10.5. The van der Waals surface area contributed by atoms with Crippen LogP contribution in [0.3, 0.4) is 0 Å². The van der Waals surface area contributed by atoms with Gasteiger partial charge in [0.15, 0.2) is 5.78 Å². The Morgan fingerprint density at radius 2 is 2.09 bits per heavy atom. The summed E-state index contributed by atoms with van der Waals surface area (Å²) >= 11 is 0. The van der Waals surface area contributed by atoms with E-state index in [0.717, 1.165) is 30.7 Å². The highest BCUT2D eigenvalue weighted by Gasteiger charge is 2.09. The third-order valence-electron chi connectivity index (χ3n) is 3.15. The van der Waals surface area contributed by atoms with E-state index in [4.69, 9.17) is 9.84 Å². The number of halogens is 1. The quantitative estimate of drug-likeness (QED) is 0.408. The largest absolute Gasteiger partial charge is 0.493 e. The summed E-state index contributed by atoms with van der Waals surface area (Å²) in [6, 6.07) is 5.27. The summed E-state index contributed by atoms with van der Waals surface area (Å²) in [4.78, 5) is 13.7. The predicted octanol–water partition coefficient (Wildman–Crippen LogP) is 2.73. The molecular weight excluding hydrogens is 302 g/mol. The van der Waals surface area contributed by atoms with E-state index in [0.29, 0.717) is 18.6 Å². The topological polar surface area (TPSA) is 49.8 Å². The number of carbonyl (C=O) groups is 1. The van der Waals surface area contributed by atoms with Gasteiger partial charge in [0.2, 0.25) is 0 Å². The molecule has 0 aromatic heterocycles. The van der Waals surface area contributed by atoms with E-state index in [9.17, 15) is 4.79 Å². The van der Waals surface area contributed by atoms with Gasteiger partial charge in [-0.25, -0.2) is 0 Å². The molecule has 0 radical (unpaired) electrons. The molecule has 124 valence electrons. The van der Waals surface area contributed by atoms with Gasteiger partial charge in [-0.05, 0) is 63.7 Å². The summed E-state index contributed by atoms with van der Waals surface area (Å²) in [5, 5.41) is 8.92. The number of ketones is 1. The van der Waals surface area contributed by atoms with Crippen LogP contribution in [0.1, 0.15) is 28.8 Å². The molecule has 1 aromatic carbocycles. The van der Waals surface area contributed by atoms with E-state index < -0.39 is 6.61 Å². The molecule has 0 atom stereocenters. The van der Waals surface area contributed by atoms with Crippen LogP contribution in [0.2, 0.25) is 0 Å². The minimum absolute atomic E-state index is 0. The summed E-state index contributed by atoms with van der Waals surface area (Å²) in [5.74, 6) is 0.507. The predicted molar refractivity (Wildman–Crippen MR) is 92.3 cm³/mol. The summed E-state index contributed by atoms with van der Waals surface area (Å²) in [7, 11) is 4.11. The van der Waals surface area contributed by atoms with Crippen LogP contribution < -0.4 is 4.74 Å². The number of rotatable bonds is 10. The molecule has 0 spiro atoms. The van der Waals surface area contributed by atoms with E-state index in [1.54, 1.807) is 24.3 Å². The highest BCUT2D eigenvalue weighted by molar-refractivity contribution is 5.97. The standard InChI is InChI=1S/C17H25NO3.ClH/c1-4-7-15-12-14(16(20)13-19)8-9-17(15)21-11-6-5-10-18(2)3;/h4,8-9,12,19H,1,5-7,10-11,13H2,2-3H3;1H. The fraction of sp³-hybridized carbons (Fsp3) is 0.471. The molecule has 1 rings (SSSR count). The van der Waals surface area contributed by atoms with Crippen molar-refractivity contribution in [2.45, 2.75) is 19.3 Å².